The second-order valence-corrected chi connectivity index (χ2v) is 6.48. The van der Waals surface area contributed by atoms with Crippen LogP contribution in [0.15, 0.2) is 24.3 Å². The highest BCUT2D eigenvalue weighted by molar-refractivity contribution is 5.81. The van der Waals surface area contributed by atoms with Crippen LogP contribution in [-0.2, 0) is 19.1 Å². The molecular weight excluding hydrogens is 336 g/mol. The van der Waals surface area contributed by atoms with Gasteiger partial charge in [0.25, 0.3) is 5.91 Å². The molecule has 0 atom stereocenters. The van der Waals surface area contributed by atoms with E-state index in [1.54, 1.807) is 4.90 Å². The molecule has 0 saturated carbocycles. The zero-order valence-corrected chi connectivity index (χ0v) is 15.1. The molecule has 7 heteroatoms. The molecule has 0 unspecified atom stereocenters. The number of likely N-dealkylation sites (tertiary alicyclic amines) is 1. The quantitative estimate of drug-likeness (QED) is 0.557. The third-order valence-electron chi connectivity index (χ3n) is 4.42. The van der Waals surface area contributed by atoms with Crippen molar-refractivity contribution in [2.75, 3.05) is 26.3 Å². The number of nitrogens with zero attached hydrogens (tertiary/aromatic N) is 1. The van der Waals surface area contributed by atoms with Crippen molar-refractivity contribution in [3.8, 4) is 5.75 Å². The van der Waals surface area contributed by atoms with E-state index in [1.165, 1.54) is 0 Å². The van der Waals surface area contributed by atoms with Gasteiger partial charge in [-0.3, -0.25) is 14.4 Å². The average Bonchev–Trinajstić information content (AvgIpc) is 2.64. The summed E-state index contributed by atoms with van der Waals surface area (Å²) in [7, 11) is 0. The second-order valence-electron chi connectivity index (χ2n) is 6.48. The van der Waals surface area contributed by atoms with Crippen molar-refractivity contribution in [3.63, 3.8) is 0 Å². The largest absolute Gasteiger partial charge is 0.494 e. The summed E-state index contributed by atoms with van der Waals surface area (Å²) < 4.78 is 10.6. The highest BCUT2D eigenvalue weighted by Gasteiger charge is 2.26. The highest BCUT2D eigenvalue weighted by atomic mass is 16.5. The standard InChI is InChI=1S/C19H26N2O5/c1-14-4-6-16(7-5-14)25-12-2-3-18(23)26-13-17(22)21-10-8-15(9-11-21)19(20)24/h4-7,15H,2-3,8-13H2,1H3,(H2,20,24). The number of aryl methyl sites for hydroxylation is 1. The number of hydrogen-bond acceptors (Lipinski definition) is 5. The van der Waals surface area contributed by atoms with Crippen molar-refractivity contribution in [2.45, 2.75) is 32.6 Å². The summed E-state index contributed by atoms with van der Waals surface area (Å²) in [6, 6.07) is 7.68. The Balaban J connectivity index is 1.57. The van der Waals surface area contributed by atoms with Crippen LogP contribution in [-0.4, -0.2) is 49.0 Å². The Morgan fingerprint density at radius 1 is 1.15 bits per heavy atom. The normalized spacial score (nSPS) is 14.7. The Kier molecular flexibility index (Phi) is 7.44. The maximum Gasteiger partial charge on any atom is 0.306 e. The fourth-order valence-corrected chi connectivity index (χ4v) is 2.76. The number of rotatable bonds is 8. The fraction of sp³-hybridized carbons (Fsp3) is 0.526. The maximum absolute atomic E-state index is 12.0. The molecule has 2 rings (SSSR count). The summed E-state index contributed by atoms with van der Waals surface area (Å²) in [6.45, 7) is 3.08. The number of primary amides is 1. The molecule has 2 amide bonds. The van der Waals surface area contributed by atoms with Gasteiger partial charge in [-0.1, -0.05) is 17.7 Å². The Labute approximate surface area is 153 Å². The van der Waals surface area contributed by atoms with Crippen LogP contribution in [0.5, 0.6) is 5.75 Å². The molecule has 0 spiro atoms. The van der Waals surface area contributed by atoms with Gasteiger partial charge in [-0.2, -0.15) is 0 Å². The minimum Gasteiger partial charge on any atom is -0.494 e. The van der Waals surface area contributed by atoms with Crippen molar-refractivity contribution in [1.82, 2.24) is 4.90 Å². The lowest BCUT2D eigenvalue weighted by Crippen LogP contribution is -2.43. The van der Waals surface area contributed by atoms with E-state index < -0.39 is 5.97 Å². The van der Waals surface area contributed by atoms with Crippen LogP contribution in [0.3, 0.4) is 0 Å². The van der Waals surface area contributed by atoms with Crippen LogP contribution in [0.1, 0.15) is 31.2 Å². The van der Waals surface area contributed by atoms with Crippen molar-refractivity contribution in [1.29, 1.82) is 0 Å². The molecule has 2 N–H and O–H groups in total. The topological polar surface area (TPSA) is 98.9 Å². The van der Waals surface area contributed by atoms with Crippen molar-refractivity contribution < 1.29 is 23.9 Å². The van der Waals surface area contributed by atoms with Gasteiger partial charge in [0.05, 0.1) is 6.61 Å². The summed E-state index contributed by atoms with van der Waals surface area (Å²) in [6.07, 6.45) is 1.84. The van der Waals surface area contributed by atoms with Gasteiger partial charge in [0.1, 0.15) is 5.75 Å². The minimum absolute atomic E-state index is 0.171. The second kappa shape index (κ2) is 9.79. The van der Waals surface area contributed by atoms with Crippen molar-refractivity contribution in [3.05, 3.63) is 29.8 Å². The van der Waals surface area contributed by atoms with E-state index in [9.17, 15) is 14.4 Å². The van der Waals surface area contributed by atoms with Crippen molar-refractivity contribution in [2.24, 2.45) is 11.7 Å². The average molecular weight is 362 g/mol. The Morgan fingerprint density at radius 2 is 1.81 bits per heavy atom. The lowest BCUT2D eigenvalue weighted by molar-refractivity contribution is -0.152. The number of benzene rings is 1. The molecule has 0 radical (unpaired) electrons. The zero-order chi connectivity index (χ0) is 18.9. The number of piperidine rings is 1. The molecule has 0 aromatic heterocycles. The van der Waals surface area contributed by atoms with Crippen LogP contribution >= 0.6 is 0 Å². The van der Waals surface area contributed by atoms with Crippen LogP contribution in [0, 0.1) is 12.8 Å². The molecule has 7 nitrogen and oxygen atoms in total. The molecule has 0 bridgehead atoms. The molecule has 26 heavy (non-hydrogen) atoms. The predicted octanol–water partition coefficient (Wildman–Crippen LogP) is 1.42. The lowest BCUT2D eigenvalue weighted by atomic mass is 9.96. The van der Waals surface area contributed by atoms with Gasteiger partial charge in [-0.25, -0.2) is 0 Å². The maximum atomic E-state index is 12.0. The first-order chi connectivity index (χ1) is 12.5. The molecule has 1 aliphatic heterocycles. The SMILES string of the molecule is Cc1ccc(OCCCC(=O)OCC(=O)N2CCC(C(N)=O)CC2)cc1. The van der Waals surface area contributed by atoms with Crippen LogP contribution in [0.25, 0.3) is 0 Å². The Hall–Kier alpha value is -2.57. The molecule has 0 aliphatic carbocycles. The van der Waals surface area contributed by atoms with Gasteiger partial charge in [-0.05, 0) is 38.3 Å². The van der Waals surface area contributed by atoms with Crippen molar-refractivity contribution >= 4 is 17.8 Å². The van der Waals surface area contributed by atoms with E-state index in [4.69, 9.17) is 15.2 Å². The summed E-state index contributed by atoms with van der Waals surface area (Å²) in [4.78, 5) is 36.5. The molecule has 1 heterocycles. The summed E-state index contributed by atoms with van der Waals surface area (Å²) in [5.41, 5.74) is 6.42. The number of ether oxygens (including phenoxy) is 2. The molecular formula is C19H26N2O5. The van der Waals surface area contributed by atoms with Gasteiger partial charge < -0.3 is 20.1 Å². The molecule has 142 valence electrons. The summed E-state index contributed by atoms with van der Waals surface area (Å²) in [5.74, 6) is -0.389. The van der Waals surface area contributed by atoms with E-state index in [2.05, 4.69) is 0 Å². The third-order valence-corrected chi connectivity index (χ3v) is 4.42. The minimum atomic E-state index is -0.419. The summed E-state index contributed by atoms with van der Waals surface area (Å²) >= 11 is 0. The van der Waals surface area contributed by atoms with Gasteiger partial charge in [0.2, 0.25) is 5.91 Å². The van der Waals surface area contributed by atoms with Gasteiger partial charge in [0, 0.05) is 25.4 Å². The number of amides is 2. The fourth-order valence-electron chi connectivity index (χ4n) is 2.76. The van der Waals surface area contributed by atoms with Crippen LogP contribution in [0.2, 0.25) is 0 Å². The molecule has 1 aromatic rings. The number of carbonyl (C=O) groups is 3. The predicted molar refractivity (Wildman–Crippen MR) is 95.4 cm³/mol. The molecule has 1 aliphatic rings. The van der Waals surface area contributed by atoms with E-state index in [0.717, 1.165) is 11.3 Å². The number of carbonyl (C=O) groups excluding carboxylic acids is 3. The van der Waals surface area contributed by atoms with E-state index >= 15 is 0 Å². The smallest absolute Gasteiger partial charge is 0.306 e. The van der Waals surface area contributed by atoms with Gasteiger partial charge in [-0.15, -0.1) is 0 Å². The zero-order valence-electron chi connectivity index (χ0n) is 15.1. The molecule has 1 aromatic carbocycles. The monoisotopic (exact) mass is 362 g/mol. The van der Waals surface area contributed by atoms with E-state index in [0.29, 0.717) is 39.0 Å². The highest BCUT2D eigenvalue weighted by Crippen LogP contribution is 2.16. The summed E-state index contributed by atoms with van der Waals surface area (Å²) in [5, 5.41) is 0. The van der Waals surface area contributed by atoms with Crippen LogP contribution < -0.4 is 10.5 Å². The van der Waals surface area contributed by atoms with Gasteiger partial charge >= 0.3 is 5.97 Å². The number of nitrogens with two attached hydrogens (primary N) is 1. The molecule has 1 fully saturated rings. The first-order valence-corrected chi connectivity index (χ1v) is 8.88. The van der Waals surface area contributed by atoms with E-state index in [1.807, 2.05) is 31.2 Å². The lowest BCUT2D eigenvalue weighted by Gasteiger charge is -2.30. The Bertz CT molecular complexity index is 621. The van der Waals surface area contributed by atoms with E-state index in [-0.39, 0.29) is 30.8 Å². The first-order valence-electron chi connectivity index (χ1n) is 8.88. The van der Waals surface area contributed by atoms with Gasteiger partial charge in [0.15, 0.2) is 6.61 Å². The first kappa shape index (κ1) is 19.8. The number of esters is 1. The molecule has 1 saturated heterocycles. The number of hydrogen-bond donors (Lipinski definition) is 1. The Morgan fingerprint density at radius 3 is 2.42 bits per heavy atom. The van der Waals surface area contributed by atoms with Crippen LogP contribution in [0.4, 0.5) is 0 Å². The third kappa shape index (κ3) is 6.38.